The number of aliphatic carboxylic acids is 2. The monoisotopic (exact) mass is 495 g/mol. The van der Waals surface area contributed by atoms with Crippen LogP contribution in [-0.4, -0.2) is 39.9 Å². The molecule has 10 heteroatoms. The van der Waals surface area contributed by atoms with E-state index >= 15 is 0 Å². The number of esters is 1. The number of ketones is 1. The van der Waals surface area contributed by atoms with Gasteiger partial charge in [-0.25, -0.2) is 9.79 Å². The van der Waals surface area contributed by atoms with Crippen molar-refractivity contribution in [1.82, 2.24) is 0 Å². The number of benzene rings is 2. The van der Waals surface area contributed by atoms with Crippen molar-refractivity contribution in [2.45, 2.75) is 51.4 Å². The molecule has 2 aromatic carbocycles. The van der Waals surface area contributed by atoms with E-state index in [1.165, 1.54) is 0 Å². The van der Waals surface area contributed by atoms with Crippen LogP contribution >= 0.6 is 0 Å². The van der Waals surface area contributed by atoms with Crippen LogP contribution in [0.1, 0.15) is 70.4 Å². The first kappa shape index (κ1) is 26.4. The van der Waals surface area contributed by atoms with E-state index in [-0.39, 0.29) is 17.3 Å². The van der Waals surface area contributed by atoms with Crippen LogP contribution in [0.2, 0.25) is 0 Å². The molecule has 190 valence electrons. The number of hydrogen-bond acceptors (Lipinski definition) is 6. The van der Waals surface area contributed by atoms with Gasteiger partial charge in [-0.15, -0.1) is 0 Å². The molecule has 0 saturated heterocycles. The van der Waals surface area contributed by atoms with Crippen molar-refractivity contribution in [3.8, 4) is 5.75 Å². The molecule has 0 aliphatic carbocycles. The number of fused-ring (bicyclic) bond motifs is 2. The third kappa shape index (κ3) is 6.91. The zero-order valence-electron chi connectivity index (χ0n) is 19.7. The van der Waals surface area contributed by atoms with E-state index in [0.29, 0.717) is 29.7 Å². The highest BCUT2D eigenvalue weighted by Crippen LogP contribution is 2.30. The molecule has 0 spiro atoms. The van der Waals surface area contributed by atoms with Crippen molar-refractivity contribution in [3.63, 3.8) is 0 Å². The molecule has 6 N–H and O–H groups in total. The molecule has 2 aromatic rings. The van der Waals surface area contributed by atoms with Crippen LogP contribution in [0, 0.1) is 5.92 Å². The van der Waals surface area contributed by atoms with E-state index in [0.717, 1.165) is 31.2 Å². The van der Waals surface area contributed by atoms with Crippen LogP contribution in [0.5, 0.6) is 5.75 Å². The summed E-state index contributed by atoms with van der Waals surface area (Å²) < 4.78 is 5.74. The Labute approximate surface area is 208 Å². The van der Waals surface area contributed by atoms with Gasteiger partial charge in [-0.05, 0) is 55.5 Å². The third-order valence-electron chi connectivity index (χ3n) is 6.03. The Hall–Kier alpha value is -4.21. The molecule has 1 atom stereocenters. The lowest BCUT2D eigenvalue weighted by atomic mass is 9.90. The van der Waals surface area contributed by atoms with Gasteiger partial charge in [-0.3, -0.25) is 14.4 Å². The van der Waals surface area contributed by atoms with Gasteiger partial charge in [0.2, 0.25) is 0 Å². The maximum absolute atomic E-state index is 13.2. The number of rotatable bonds is 7. The second kappa shape index (κ2) is 12.0. The van der Waals surface area contributed by atoms with Gasteiger partial charge in [0.1, 0.15) is 5.75 Å². The molecule has 0 bridgehead atoms. The smallest absolute Gasteiger partial charge is 0.343 e. The van der Waals surface area contributed by atoms with Gasteiger partial charge in [0.05, 0.1) is 23.6 Å². The highest BCUT2D eigenvalue weighted by molar-refractivity contribution is 6.01. The summed E-state index contributed by atoms with van der Waals surface area (Å²) in [6.45, 7) is 0. The van der Waals surface area contributed by atoms with E-state index in [4.69, 9.17) is 21.3 Å². The third-order valence-corrected chi connectivity index (χ3v) is 6.03. The minimum Gasteiger partial charge on any atom is -0.481 e. The lowest BCUT2D eigenvalue weighted by Gasteiger charge is -2.17. The molecule has 3 rings (SSSR count). The average molecular weight is 496 g/mol. The topological polar surface area (TPSA) is 182 Å². The number of nitrogens with zero attached hydrogens (tertiary/aromatic N) is 1. The Balaban J connectivity index is 1.96. The number of nitrogens with two attached hydrogens (primary N) is 2. The minimum absolute atomic E-state index is 0.0923. The first-order valence-corrected chi connectivity index (χ1v) is 11.7. The van der Waals surface area contributed by atoms with Gasteiger partial charge < -0.3 is 26.4 Å². The predicted molar refractivity (Wildman–Crippen MR) is 132 cm³/mol. The van der Waals surface area contributed by atoms with E-state index in [1.807, 2.05) is 0 Å². The normalized spacial score (nSPS) is 14.6. The van der Waals surface area contributed by atoms with Gasteiger partial charge in [-0.1, -0.05) is 25.0 Å². The maximum Gasteiger partial charge on any atom is 0.343 e. The number of carboxylic acid groups (broad SMARTS) is 2. The molecule has 0 amide bonds. The average Bonchev–Trinajstić information content (AvgIpc) is 2.80. The Morgan fingerprint density at radius 2 is 1.69 bits per heavy atom. The van der Waals surface area contributed by atoms with Gasteiger partial charge in [0.25, 0.3) is 0 Å². The van der Waals surface area contributed by atoms with E-state index in [9.17, 15) is 24.3 Å². The quantitative estimate of drug-likeness (QED) is 0.147. The lowest BCUT2D eigenvalue weighted by molar-refractivity contribution is -0.148. The van der Waals surface area contributed by atoms with E-state index < -0.39 is 42.5 Å². The van der Waals surface area contributed by atoms with Gasteiger partial charge in [0.15, 0.2) is 11.7 Å². The van der Waals surface area contributed by atoms with Crippen LogP contribution in [0.4, 0.5) is 5.69 Å². The fourth-order valence-electron chi connectivity index (χ4n) is 4.30. The number of aliphatic imine (C=N–C) groups is 1. The minimum atomic E-state index is -1.36. The van der Waals surface area contributed by atoms with Gasteiger partial charge in [0, 0.05) is 17.5 Å². The van der Waals surface area contributed by atoms with E-state index in [2.05, 4.69) is 4.99 Å². The molecule has 0 aromatic heterocycles. The van der Waals surface area contributed by atoms with Gasteiger partial charge >= 0.3 is 17.9 Å². The highest BCUT2D eigenvalue weighted by atomic mass is 16.5. The second-order valence-corrected chi connectivity index (χ2v) is 8.72. The highest BCUT2D eigenvalue weighted by Gasteiger charge is 2.27. The molecule has 0 radical (unpaired) electrons. The summed E-state index contributed by atoms with van der Waals surface area (Å²) in [4.78, 5) is 52.8. The van der Waals surface area contributed by atoms with Crippen molar-refractivity contribution in [1.29, 1.82) is 0 Å². The summed E-state index contributed by atoms with van der Waals surface area (Å²) in [6.07, 6.45) is 3.29. The molecular formula is C26H29N3O7. The van der Waals surface area contributed by atoms with Gasteiger partial charge in [-0.2, -0.15) is 0 Å². The molecule has 0 saturated carbocycles. The number of Topliss-reactive ketones (excluding diaryl/α,β-unsaturated/α-hetero) is 1. The Bertz CT molecular complexity index is 1200. The summed E-state index contributed by atoms with van der Waals surface area (Å²) in [7, 11) is 0. The molecule has 1 heterocycles. The Morgan fingerprint density at radius 1 is 0.972 bits per heavy atom. The molecule has 10 nitrogen and oxygen atoms in total. The largest absolute Gasteiger partial charge is 0.481 e. The standard InChI is InChI=1S/C26H29N3O7/c27-26(28)29-17-10-11-18-15(12-17)6-3-1-2-4-7-20-19(8-5-9-22(20)36-25(18)35)21(30)13-16(24(33)34)14-23(31)32/h5,8-12,16H,1-4,6-7,13-14H2,(H,31,32)(H,33,34)(H4,27,28,29)/t16-/m0/s1. The van der Waals surface area contributed by atoms with Crippen molar-refractivity contribution >= 4 is 35.3 Å². The number of carbonyl (C=O) groups excluding carboxylic acids is 2. The summed E-state index contributed by atoms with van der Waals surface area (Å²) in [5, 5.41) is 18.4. The zero-order valence-corrected chi connectivity index (χ0v) is 19.7. The lowest BCUT2D eigenvalue weighted by Crippen LogP contribution is -2.22. The second-order valence-electron chi connectivity index (χ2n) is 8.72. The number of ether oxygens (including phenoxy) is 1. The molecule has 36 heavy (non-hydrogen) atoms. The van der Waals surface area contributed by atoms with Crippen LogP contribution in [0.3, 0.4) is 0 Å². The van der Waals surface area contributed by atoms with E-state index in [1.54, 1.807) is 36.4 Å². The SMILES string of the molecule is NC(N)=Nc1ccc2c(c1)CCCCCCc1c(cccc1C(=O)C[C@@H](CC(=O)O)C(=O)O)OC2=O. The van der Waals surface area contributed by atoms with Crippen LogP contribution in [0.15, 0.2) is 41.4 Å². The fourth-order valence-corrected chi connectivity index (χ4v) is 4.30. The first-order chi connectivity index (χ1) is 17.2. The molecule has 0 fully saturated rings. The van der Waals surface area contributed by atoms with Crippen LogP contribution < -0.4 is 16.2 Å². The number of carbonyl (C=O) groups is 4. The first-order valence-electron chi connectivity index (χ1n) is 11.7. The Kier molecular flexibility index (Phi) is 8.77. The van der Waals surface area contributed by atoms with Crippen molar-refractivity contribution in [3.05, 3.63) is 58.7 Å². The summed E-state index contributed by atoms with van der Waals surface area (Å²) in [5.74, 6) is -4.98. The summed E-state index contributed by atoms with van der Waals surface area (Å²) in [5.41, 5.74) is 13.3. The molecular weight excluding hydrogens is 466 g/mol. The number of aryl methyl sites for hydroxylation is 1. The van der Waals surface area contributed by atoms with Crippen LogP contribution in [0.25, 0.3) is 0 Å². The number of carboxylic acids is 2. The molecule has 1 aliphatic heterocycles. The van der Waals surface area contributed by atoms with Crippen molar-refractivity contribution in [2.24, 2.45) is 22.4 Å². The number of hydrogen-bond donors (Lipinski definition) is 4. The fraction of sp³-hybridized carbons (Fsp3) is 0.346. The summed E-state index contributed by atoms with van der Waals surface area (Å²) in [6, 6.07) is 9.66. The summed E-state index contributed by atoms with van der Waals surface area (Å²) >= 11 is 0. The zero-order chi connectivity index (χ0) is 26.2. The predicted octanol–water partition coefficient (Wildman–Crippen LogP) is 3.22. The molecule has 1 aliphatic rings. The number of guanidine groups is 1. The Morgan fingerprint density at radius 3 is 2.36 bits per heavy atom. The van der Waals surface area contributed by atoms with Crippen LogP contribution in [-0.2, 0) is 22.4 Å². The van der Waals surface area contributed by atoms with Crippen molar-refractivity contribution < 1.29 is 34.1 Å². The maximum atomic E-state index is 13.2. The van der Waals surface area contributed by atoms with Crippen molar-refractivity contribution in [2.75, 3.05) is 0 Å². The molecule has 0 unspecified atom stereocenters.